The van der Waals surface area contributed by atoms with E-state index < -0.39 is 6.04 Å². The molecule has 0 fully saturated rings. The molecule has 0 radical (unpaired) electrons. The van der Waals surface area contributed by atoms with E-state index in [0.717, 1.165) is 11.1 Å². The second kappa shape index (κ2) is 7.06. The summed E-state index contributed by atoms with van der Waals surface area (Å²) in [6.45, 7) is 0. The number of anilines is 2. The van der Waals surface area contributed by atoms with Crippen LogP contribution in [0.1, 0.15) is 12.5 Å². The second-order valence-corrected chi connectivity index (χ2v) is 7.00. The van der Waals surface area contributed by atoms with Crippen molar-refractivity contribution in [2.24, 2.45) is 0 Å². The number of amides is 2. The number of nitrogens with zero attached hydrogens (tertiary/aromatic N) is 2. The van der Waals surface area contributed by atoms with Gasteiger partial charge in [-0.25, -0.2) is 4.68 Å². The number of hydrogen-bond acceptors (Lipinski definition) is 3. The molecule has 27 heavy (non-hydrogen) atoms. The lowest BCUT2D eigenvalue weighted by atomic mass is 10.1. The smallest absolute Gasteiger partial charge is 0.251 e. The molecule has 6 nitrogen and oxygen atoms in total. The molecule has 0 saturated carbocycles. The van der Waals surface area contributed by atoms with Gasteiger partial charge in [0.25, 0.3) is 5.91 Å². The van der Waals surface area contributed by atoms with E-state index in [1.165, 1.54) is 4.68 Å². The molecular formula is C19H14Cl2N4O2. The summed E-state index contributed by atoms with van der Waals surface area (Å²) in [6.07, 6.45) is 1.62. The van der Waals surface area contributed by atoms with Gasteiger partial charge < -0.3 is 10.6 Å². The van der Waals surface area contributed by atoms with Crippen molar-refractivity contribution in [3.05, 3.63) is 64.8 Å². The molecule has 0 saturated heterocycles. The Labute approximate surface area is 165 Å². The first-order valence-corrected chi connectivity index (χ1v) is 8.96. The van der Waals surface area contributed by atoms with Gasteiger partial charge in [-0.1, -0.05) is 41.4 Å². The summed E-state index contributed by atoms with van der Waals surface area (Å²) in [5.41, 5.74) is 2.17. The average Bonchev–Trinajstić information content (AvgIpc) is 3.15. The molecule has 2 aromatic carbocycles. The Morgan fingerprint density at radius 3 is 2.63 bits per heavy atom. The van der Waals surface area contributed by atoms with Gasteiger partial charge in [-0.2, -0.15) is 5.10 Å². The molecule has 0 aliphatic carbocycles. The van der Waals surface area contributed by atoms with Crippen LogP contribution in [0, 0.1) is 0 Å². The largest absolute Gasteiger partial charge is 0.326 e. The minimum Gasteiger partial charge on any atom is -0.326 e. The van der Waals surface area contributed by atoms with Crippen molar-refractivity contribution in [3.8, 4) is 11.1 Å². The first kappa shape index (κ1) is 17.6. The molecule has 1 atom stereocenters. The van der Waals surface area contributed by atoms with Gasteiger partial charge >= 0.3 is 0 Å². The van der Waals surface area contributed by atoms with Crippen LogP contribution in [-0.2, 0) is 9.59 Å². The monoisotopic (exact) mass is 400 g/mol. The molecule has 4 rings (SSSR count). The van der Waals surface area contributed by atoms with Crippen LogP contribution < -0.4 is 10.6 Å². The van der Waals surface area contributed by atoms with Gasteiger partial charge in [0.2, 0.25) is 5.91 Å². The maximum absolute atomic E-state index is 12.4. The summed E-state index contributed by atoms with van der Waals surface area (Å²) in [4.78, 5) is 24.7. The number of carbonyl (C=O) groups is 2. The first-order chi connectivity index (χ1) is 13.0. The van der Waals surface area contributed by atoms with E-state index in [9.17, 15) is 9.59 Å². The van der Waals surface area contributed by atoms with Gasteiger partial charge in [-0.05, 0) is 35.9 Å². The van der Waals surface area contributed by atoms with E-state index in [1.54, 1.807) is 42.6 Å². The molecule has 0 spiro atoms. The Morgan fingerprint density at radius 1 is 1.15 bits per heavy atom. The third-order valence-corrected chi connectivity index (χ3v) is 4.73. The topological polar surface area (TPSA) is 76.0 Å². The number of nitrogens with one attached hydrogen (secondary N) is 2. The number of halogens is 2. The highest BCUT2D eigenvalue weighted by atomic mass is 35.5. The molecule has 0 bridgehead atoms. The SMILES string of the molecule is O=C(CC1C(=O)Nc2c(-c3cccc(Cl)c3)cnn21)Nc1cccc(Cl)c1. The van der Waals surface area contributed by atoms with Crippen LogP contribution in [-0.4, -0.2) is 21.6 Å². The molecule has 2 amide bonds. The molecule has 1 aliphatic rings. The van der Waals surface area contributed by atoms with Crippen LogP contribution in [0.3, 0.4) is 0 Å². The first-order valence-electron chi connectivity index (χ1n) is 8.21. The third-order valence-electron chi connectivity index (χ3n) is 4.26. The maximum atomic E-state index is 12.4. The molecule has 136 valence electrons. The summed E-state index contributed by atoms with van der Waals surface area (Å²) in [6, 6.07) is 13.4. The van der Waals surface area contributed by atoms with Crippen molar-refractivity contribution in [2.45, 2.75) is 12.5 Å². The zero-order chi connectivity index (χ0) is 19.0. The minimum absolute atomic E-state index is 0.0397. The van der Waals surface area contributed by atoms with Gasteiger partial charge in [0.05, 0.1) is 12.6 Å². The Kier molecular flexibility index (Phi) is 4.59. The summed E-state index contributed by atoms with van der Waals surface area (Å²) < 4.78 is 1.54. The number of hydrogen-bond donors (Lipinski definition) is 2. The molecule has 1 aliphatic heterocycles. The van der Waals surface area contributed by atoms with Crippen molar-refractivity contribution < 1.29 is 9.59 Å². The predicted molar refractivity (Wildman–Crippen MR) is 105 cm³/mol. The highest BCUT2D eigenvalue weighted by molar-refractivity contribution is 6.31. The van der Waals surface area contributed by atoms with E-state index >= 15 is 0 Å². The average molecular weight is 401 g/mol. The summed E-state index contributed by atoms with van der Waals surface area (Å²) in [7, 11) is 0. The Balaban J connectivity index is 1.55. The fourth-order valence-corrected chi connectivity index (χ4v) is 3.42. The van der Waals surface area contributed by atoms with Crippen LogP contribution in [0.4, 0.5) is 11.5 Å². The van der Waals surface area contributed by atoms with Gasteiger partial charge in [0.1, 0.15) is 11.9 Å². The number of rotatable bonds is 4. The fraction of sp³-hybridized carbons (Fsp3) is 0.105. The lowest BCUT2D eigenvalue weighted by molar-refractivity contribution is -0.123. The van der Waals surface area contributed by atoms with Gasteiger partial charge in [-0.15, -0.1) is 0 Å². The van der Waals surface area contributed by atoms with Gasteiger partial charge in [0, 0.05) is 21.3 Å². The van der Waals surface area contributed by atoms with Crippen LogP contribution in [0.2, 0.25) is 10.0 Å². The van der Waals surface area contributed by atoms with Crippen LogP contribution >= 0.6 is 23.2 Å². The summed E-state index contributed by atoms with van der Waals surface area (Å²) in [5, 5.41) is 11.0. The second-order valence-electron chi connectivity index (χ2n) is 6.13. The highest BCUT2D eigenvalue weighted by Gasteiger charge is 2.35. The Morgan fingerprint density at radius 2 is 1.89 bits per heavy atom. The highest BCUT2D eigenvalue weighted by Crippen LogP contribution is 2.36. The number of aromatic nitrogens is 2. The predicted octanol–water partition coefficient (Wildman–Crippen LogP) is 4.38. The molecule has 1 unspecified atom stereocenters. The minimum atomic E-state index is -0.716. The lowest BCUT2D eigenvalue weighted by Crippen LogP contribution is -2.23. The molecule has 3 aromatic rings. The number of carbonyl (C=O) groups excluding carboxylic acids is 2. The molecule has 2 N–H and O–H groups in total. The zero-order valence-electron chi connectivity index (χ0n) is 13.9. The Hall–Kier alpha value is -2.83. The molecular weight excluding hydrogens is 387 g/mol. The third kappa shape index (κ3) is 3.54. The zero-order valence-corrected chi connectivity index (χ0v) is 15.5. The van der Waals surface area contributed by atoms with E-state index in [4.69, 9.17) is 23.2 Å². The van der Waals surface area contributed by atoms with Crippen molar-refractivity contribution in [3.63, 3.8) is 0 Å². The van der Waals surface area contributed by atoms with Crippen molar-refractivity contribution in [1.82, 2.24) is 9.78 Å². The summed E-state index contributed by atoms with van der Waals surface area (Å²) in [5.74, 6) is -0.0180. The van der Waals surface area contributed by atoms with Crippen molar-refractivity contribution >= 4 is 46.5 Å². The summed E-state index contributed by atoms with van der Waals surface area (Å²) >= 11 is 12.0. The number of fused-ring (bicyclic) bond motifs is 1. The van der Waals surface area contributed by atoms with Crippen molar-refractivity contribution in [1.29, 1.82) is 0 Å². The van der Waals surface area contributed by atoms with E-state index in [2.05, 4.69) is 15.7 Å². The van der Waals surface area contributed by atoms with Crippen LogP contribution in [0.25, 0.3) is 11.1 Å². The van der Waals surface area contributed by atoms with E-state index in [1.807, 2.05) is 12.1 Å². The van der Waals surface area contributed by atoms with Crippen molar-refractivity contribution in [2.75, 3.05) is 10.6 Å². The molecule has 8 heteroatoms. The van der Waals surface area contributed by atoms with Crippen LogP contribution in [0.15, 0.2) is 54.7 Å². The van der Waals surface area contributed by atoms with Crippen LogP contribution in [0.5, 0.6) is 0 Å². The number of benzene rings is 2. The Bertz CT molecular complexity index is 1050. The fourth-order valence-electron chi connectivity index (χ4n) is 3.03. The lowest BCUT2D eigenvalue weighted by Gasteiger charge is -2.10. The van der Waals surface area contributed by atoms with Gasteiger partial charge in [-0.3, -0.25) is 9.59 Å². The van der Waals surface area contributed by atoms with E-state index in [-0.39, 0.29) is 18.2 Å². The van der Waals surface area contributed by atoms with E-state index in [0.29, 0.717) is 21.6 Å². The standard InChI is InChI=1S/C19H14Cl2N4O2/c20-12-4-1-3-11(7-12)15-10-22-25-16(19(27)24-18(15)25)9-17(26)23-14-6-2-5-13(21)8-14/h1-8,10,16H,9H2,(H,23,26)(H,24,27). The molecule has 1 aromatic heterocycles. The quantitative estimate of drug-likeness (QED) is 0.681. The molecule has 2 heterocycles. The normalized spacial score (nSPS) is 15.3. The maximum Gasteiger partial charge on any atom is 0.251 e. The van der Waals surface area contributed by atoms with Gasteiger partial charge in [0.15, 0.2) is 0 Å².